The van der Waals surface area contributed by atoms with Gasteiger partial charge in [0.05, 0.1) is 11.4 Å². The molecular weight excluding hydrogens is 258 g/mol. The minimum Gasteiger partial charge on any atom is -0.392 e. The first-order valence-corrected chi connectivity index (χ1v) is 6.60. The molecule has 0 aliphatic heterocycles. The summed E-state index contributed by atoms with van der Waals surface area (Å²) in [5, 5.41) is 8.84. The van der Waals surface area contributed by atoms with Crippen molar-refractivity contribution in [3.8, 4) is 0 Å². The maximum Gasteiger partial charge on any atom is 0.175 e. The van der Waals surface area contributed by atoms with Crippen molar-refractivity contribution in [1.29, 1.82) is 0 Å². The van der Waals surface area contributed by atoms with Gasteiger partial charge in [-0.05, 0) is 32.0 Å². The maximum absolute atomic E-state index is 13.0. The normalized spacial score (nSPS) is 16.1. The highest BCUT2D eigenvalue weighted by Gasteiger charge is 2.21. The lowest BCUT2D eigenvalue weighted by Gasteiger charge is -2.18. The lowest BCUT2D eigenvalue weighted by atomic mass is 10.1. The van der Waals surface area contributed by atoms with E-state index in [-0.39, 0.29) is 16.6 Å². The Morgan fingerprint density at radius 1 is 1.22 bits per heavy atom. The van der Waals surface area contributed by atoms with E-state index in [1.807, 2.05) is 6.92 Å². The second-order valence-electron chi connectivity index (χ2n) is 4.22. The fraction of sp³-hybridized carbons (Fsp3) is 0.462. The molecule has 1 N–H and O–H groups in total. The largest absolute Gasteiger partial charge is 0.392 e. The van der Waals surface area contributed by atoms with Crippen LogP contribution in [0.2, 0.25) is 0 Å². The summed E-state index contributed by atoms with van der Waals surface area (Å²) in [6.07, 6.45) is -0.532. The number of aliphatic hydroxyl groups excluding tert-OH is 1. The van der Waals surface area contributed by atoms with E-state index < -0.39 is 23.0 Å². The van der Waals surface area contributed by atoms with Gasteiger partial charge in [-0.2, -0.15) is 0 Å². The summed E-state index contributed by atoms with van der Waals surface area (Å²) in [7, 11) is 0. The predicted octanol–water partition coefficient (Wildman–Crippen LogP) is 3.04. The molecule has 1 aromatic rings. The van der Waals surface area contributed by atoms with Crippen LogP contribution in [0, 0.1) is 11.6 Å². The molecule has 3 unspecified atom stereocenters. The molecule has 0 amide bonds. The molecule has 0 bridgehead atoms. The number of ketones is 1. The molecule has 0 fully saturated rings. The summed E-state index contributed by atoms with van der Waals surface area (Å²) in [5.41, 5.74) is 0.145. The summed E-state index contributed by atoms with van der Waals surface area (Å²) in [6.45, 7) is 5.14. The molecular formula is C13H16F2O2S. The number of Topliss-reactive ketones (excluding diaryl/α,β-unsaturated/α-hetero) is 1. The minimum atomic E-state index is -1.03. The number of carbonyl (C=O) groups excluding carboxylic acids is 1. The Morgan fingerprint density at radius 2 is 1.83 bits per heavy atom. The van der Waals surface area contributed by atoms with Crippen LogP contribution in [0.15, 0.2) is 18.2 Å². The van der Waals surface area contributed by atoms with E-state index in [0.717, 1.165) is 12.1 Å². The van der Waals surface area contributed by atoms with Gasteiger partial charge in [-0.25, -0.2) is 8.78 Å². The van der Waals surface area contributed by atoms with E-state index in [2.05, 4.69) is 0 Å². The summed E-state index contributed by atoms with van der Waals surface area (Å²) in [6, 6.07) is 3.12. The van der Waals surface area contributed by atoms with Gasteiger partial charge in [0.1, 0.15) is 0 Å². The molecule has 0 radical (unpaired) electrons. The fourth-order valence-corrected chi connectivity index (χ4v) is 2.51. The zero-order valence-corrected chi connectivity index (χ0v) is 11.3. The van der Waals surface area contributed by atoms with Gasteiger partial charge in [0.25, 0.3) is 0 Å². The van der Waals surface area contributed by atoms with Crippen molar-refractivity contribution < 1.29 is 18.7 Å². The van der Waals surface area contributed by atoms with Crippen molar-refractivity contribution >= 4 is 17.5 Å². The van der Waals surface area contributed by atoms with Gasteiger partial charge >= 0.3 is 0 Å². The molecule has 0 saturated carbocycles. The van der Waals surface area contributed by atoms with Gasteiger partial charge in [-0.3, -0.25) is 4.79 Å². The Balaban J connectivity index is 2.77. The van der Waals surface area contributed by atoms with E-state index in [4.69, 9.17) is 0 Å². The SMILES string of the molecule is CC(SC(C)C(C)O)C(=O)c1ccc(F)c(F)c1. The molecule has 0 aromatic heterocycles. The van der Waals surface area contributed by atoms with Crippen molar-refractivity contribution in [3.63, 3.8) is 0 Å². The number of aliphatic hydroxyl groups is 1. The van der Waals surface area contributed by atoms with Crippen LogP contribution in [0.5, 0.6) is 0 Å². The number of carbonyl (C=O) groups is 1. The van der Waals surface area contributed by atoms with Crippen molar-refractivity contribution in [1.82, 2.24) is 0 Å². The second kappa shape index (κ2) is 6.29. The maximum atomic E-state index is 13.0. The highest BCUT2D eigenvalue weighted by Crippen LogP contribution is 2.23. The zero-order valence-electron chi connectivity index (χ0n) is 10.5. The number of thioether (sulfide) groups is 1. The van der Waals surface area contributed by atoms with E-state index in [0.29, 0.717) is 0 Å². The van der Waals surface area contributed by atoms with Gasteiger partial charge in [0.15, 0.2) is 17.4 Å². The van der Waals surface area contributed by atoms with Gasteiger partial charge in [0.2, 0.25) is 0 Å². The van der Waals surface area contributed by atoms with Gasteiger partial charge in [-0.1, -0.05) is 6.92 Å². The van der Waals surface area contributed by atoms with Crippen LogP contribution in [0.4, 0.5) is 8.78 Å². The predicted molar refractivity (Wildman–Crippen MR) is 68.9 cm³/mol. The number of benzene rings is 1. The van der Waals surface area contributed by atoms with Crippen LogP contribution >= 0.6 is 11.8 Å². The molecule has 0 aliphatic rings. The number of rotatable bonds is 5. The summed E-state index contributed by atoms with van der Waals surface area (Å²) >= 11 is 1.30. The third-order valence-corrected chi connectivity index (χ3v) is 4.12. The molecule has 0 spiro atoms. The highest BCUT2D eigenvalue weighted by molar-refractivity contribution is 8.01. The fourth-order valence-electron chi connectivity index (χ4n) is 1.38. The third kappa shape index (κ3) is 3.78. The highest BCUT2D eigenvalue weighted by atomic mass is 32.2. The van der Waals surface area contributed by atoms with E-state index in [1.54, 1.807) is 13.8 Å². The Hall–Kier alpha value is -0.940. The first kappa shape index (κ1) is 15.1. The molecule has 100 valence electrons. The molecule has 0 saturated heterocycles. The molecule has 2 nitrogen and oxygen atoms in total. The van der Waals surface area contributed by atoms with Gasteiger partial charge in [0, 0.05) is 10.8 Å². The average Bonchev–Trinajstić information content (AvgIpc) is 2.31. The number of hydrogen-bond acceptors (Lipinski definition) is 3. The van der Waals surface area contributed by atoms with Crippen molar-refractivity contribution in [2.45, 2.75) is 37.4 Å². The van der Waals surface area contributed by atoms with E-state index in [1.165, 1.54) is 17.8 Å². The second-order valence-corrected chi connectivity index (χ2v) is 5.94. The molecule has 5 heteroatoms. The van der Waals surface area contributed by atoms with Gasteiger partial charge < -0.3 is 5.11 Å². The zero-order chi connectivity index (χ0) is 13.9. The third-order valence-electron chi connectivity index (χ3n) is 2.67. The quantitative estimate of drug-likeness (QED) is 0.839. The number of hydrogen-bond donors (Lipinski definition) is 1. The molecule has 18 heavy (non-hydrogen) atoms. The van der Waals surface area contributed by atoms with Crippen LogP contribution in [-0.4, -0.2) is 27.5 Å². The van der Waals surface area contributed by atoms with Crippen molar-refractivity contribution in [2.75, 3.05) is 0 Å². The van der Waals surface area contributed by atoms with Crippen molar-refractivity contribution in [2.24, 2.45) is 0 Å². The average molecular weight is 274 g/mol. The van der Waals surface area contributed by atoms with E-state index in [9.17, 15) is 18.7 Å². The molecule has 0 aliphatic carbocycles. The van der Waals surface area contributed by atoms with Crippen molar-refractivity contribution in [3.05, 3.63) is 35.4 Å². The Labute approximate surface area is 109 Å². The van der Waals surface area contributed by atoms with Gasteiger partial charge in [-0.15, -0.1) is 11.8 Å². The molecule has 0 heterocycles. The first-order valence-electron chi connectivity index (χ1n) is 5.65. The smallest absolute Gasteiger partial charge is 0.175 e. The summed E-state index contributed by atoms with van der Waals surface area (Å²) < 4.78 is 25.8. The van der Waals surface area contributed by atoms with Crippen LogP contribution < -0.4 is 0 Å². The summed E-state index contributed by atoms with van der Waals surface area (Å²) in [4.78, 5) is 12.0. The molecule has 3 atom stereocenters. The van der Waals surface area contributed by atoms with Crippen LogP contribution in [0.25, 0.3) is 0 Å². The standard InChI is InChI=1S/C13H16F2O2S/c1-7(16)8(2)18-9(3)13(17)10-4-5-11(14)12(15)6-10/h4-9,16H,1-3H3. The lowest BCUT2D eigenvalue weighted by Crippen LogP contribution is -2.23. The first-order chi connectivity index (χ1) is 8.32. The minimum absolute atomic E-state index is 0.103. The summed E-state index contributed by atoms with van der Waals surface area (Å²) in [5.74, 6) is -2.27. The Morgan fingerprint density at radius 3 is 2.33 bits per heavy atom. The van der Waals surface area contributed by atoms with Crippen LogP contribution in [0.3, 0.4) is 0 Å². The monoisotopic (exact) mass is 274 g/mol. The van der Waals surface area contributed by atoms with E-state index >= 15 is 0 Å². The topological polar surface area (TPSA) is 37.3 Å². The molecule has 1 aromatic carbocycles. The van der Waals surface area contributed by atoms with Crippen LogP contribution in [-0.2, 0) is 0 Å². The number of halogens is 2. The Kier molecular flexibility index (Phi) is 5.28. The van der Waals surface area contributed by atoms with Crippen LogP contribution in [0.1, 0.15) is 31.1 Å². The molecule has 1 rings (SSSR count). The Bertz CT molecular complexity index is 435. The lowest BCUT2D eigenvalue weighted by molar-refractivity contribution is 0.0993.